The Hall–Kier alpha value is -2.82. The van der Waals surface area contributed by atoms with E-state index in [-0.39, 0.29) is 27.1 Å². The Morgan fingerprint density at radius 2 is 1.76 bits per heavy atom. The van der Waals surface area contributed by atoms with Crippen molar-refractivity contribution < 1.29 is 23.4 Å². The molecule has 1 heterocycles. The van der Waals surface area contributed by atoms with Crippen LogP contribution in [0.5, 0.6) is 0 Å². The van der Waals surface area contributed by atoms with Gasteiger partial charge in [-0.3, -0.25) is 9.11 Å². The summed E-state index contributed by atoms with van der Waals surface area (Å²) >= 11 is 6.75. The fourth-order valence-corrected chi connectivity index (χ4v) is 7.63. The highest BCUT2D eigenvalue weighted by Crippen LogP contribution is 2.60. The van der Waals surface area contributed by atoms with E-state index in [1.165, 1.54) is 12.5 Å². The third-order valence-electron chi connectivity index (χ3n) is 7.81. The predicted octanol–water partition coefficient (Wildman–Crippen LogP) is 7.48. The first-order valence-electron chi connectivity index (χ1n) is 12.6. The standard InChI is InChI=1S/C28H31ClFN3O4S/c1-32-25(17-8-4-2-5-9-17)16-33(19-10-6-3-7-11-19)24-15-22(29)20(14-26(24)38(32,36)37)18-12-21(28(34)35)27(31)23(30)13-18/h3,6-7,10-15,17,25,36-37H,2,4-5,8-9,16,31H2,1H3,(H,34,35). The lowest BCUT2D eigenvalue weighted by Gasteiger charge is -2.46. The highest BCUT2D eigenvalue weighted by molar-refractivity contribution is 8.22. The molecular weight excluding hydrogens is 529 g/mol. The van der Waals surface area contributed by atoms with Gasteiger partial charge in [-0.1, -0.05) is 49.1 Å². The zero-order valence-corrected chi connectivity index (χ0v) is 22.6. The van der Waals surface area contributed by atoms with Crippen molar-refractivity contribution >= 4 is 45.4 Å². The number of hydrogen-bond donors (Lipinski definition) is 4. The summed E-state index contributed by atoms with van der Waals surface area (Å²) in [6.07, 6.45) is 5.42. The number of nitrogens with zero attached hydrogens (tertiary/aromatic N) is 2. The quantitative estimate of drug-likeness (QED) is 0.245. The lowest BCUT2D eigenvalue weighted by molar-refractivity contribution is 0.0697. The number of para-hydroxylation sites is 1. The zero-order chi connectivity index (χ0) is 27.2. The van der Waals surface area contributed by atoms with Gasteiger partial charge in [-0.05, 0) is 60.7 Å². The summed E-state index contributed by atoms with van der Waals surface area (Å²) in [5.74, 6) is -1.97. The largest absolute Gasteiger partial charge is 0.478 e. The van der Waals surface area contributed by atoms with Crippen LogP contribution in [0.3, 0.4) is 0 Å². The Bertz CT molecular complexity index is 1370. The zero-order valence-electron chi connectivity index (χ0n) is 21.0. The monoisotopic (exact) mass is 559 g/mol. The second-order valence-electron chi connectivity index (χ2n) is 10.0. The number of likely N-dealkylation sites (N-methyl/N-ethyl adjacent to an activating group) is 1. The molecule has 0 saturated heterocycles. The van der Waals surface area contributed by atoms with Gasteiger partial charge >= 0.3 is 5.97 Å². The first-order valence-corrected chi connectivity index (χ1v) is 14.5. The number of benzene rings is 3. The second kappa shape index (κ2) is 10.4. The minimum absolute atomic E-state index is 0.136. The maximum atomic E-state index is 14.6. The molecule has 0 amide bonds. The molecule has 1 aliphatic carbocycles. The van der Waals surface area contributed by atoms with E-state index in [0.717, 1.165) is 37.4 Å². The van der Waals surface area contributed by atoms with Crippen molar-refractivity contribution in [3.63, 3.8) is 0 Å². The average Bonchev–Trinajstić information content (AvgIpc) is 2.98. The molecule has 5 rings (SSSR count). The van der Waals surface area contributed by atoms with Gasteiger partial charge in [0.2, 0.25) is 0 Å². The molecule has 1 fully saturated rings. The van der Waals surface area contributed by atoms with Gasteiger partial charge in [0.1, 0.15) is 5.82 Å². The summed E-state index contributed by atoms with van der Waals surface area (Å²) < 4.78 is 39.8. The molecule has 0 radical (unpaired) electrons. The summed E-state index contributed by atoms with van der Waals surface area (Å²) in [5.41, 5.74) is 6.68. The number of anilines is 3. The molecule has 1 saturated carbocycles. The first kappa shape index (κ1) is 26.8. The lowest BCUT2D eigenvalue weighted by Crippen LogP contribution is -2.45. The van der Waals surface area contributed by atoms with Crippen LogP contribution in [0.15, 0.2) is 59.5 Å². The number of carbonyl (C=O) groups is 1. The molecule has 1 unspecified atom stereocenters. The third kappa shape index (κ3) is 4.74. The minimum atomic E-state index is -3.49. The third-order valence-corrected chi connectivity index (χ3v) is 10.1. The molecule has 38 heavy (non-hydrogen) atoms. The number of carboxylic acid groups (broad SMARTS) is 1. The van der Waals surface area contributed by atoms with E-state index >= 15 is 0 Å². The second-order valence-corrected chi connectivity index (χ2v) is 12.5. The molecule has 0 spiro atoms. The van der Waals surface area contributed by atoms with Crippen LogP contribution < -0.4 is 10.6 Å². The van der Waals surface area contributed by atoms with Gasteiger partial charge in [-0.15, -0.1) is 10.8 Å². The first-order chi connectivity index (χ1) is 18.1. The van der Waals surface area contributed by atoms with Gasteiger partial charge in [-0.25, -0.2) is 9.18 Å². The Kier molecular flexibility index (Phi) is 7.32. The fraction of sp³-hybridized carbons (Fsp3) is 0.321. The van der Waals surface area contributed by atoms with Crippen molar-refractivity contribution in [3.05, 3.63) is 71.0 Å². The molecule has 1 atom stereocenters. The molecule has 7 nitrogen and oxygen atoms in total. The van der Waals surface area contributed by atoms with Gasteiger partial charge in [0.25, 0.3) is 0 Å². The van der Waals surface area contributed by atoms with E-state index < -0.39 is 33.8 Å². The maximum Gasteiger partial charge on any atom is 0.337 e. The van der Waals surface area contributed by atoms with Crippen LogP contribution in [0.4, 0.5) is 21.5 Å². The molecule has 2 aliphatic rings. The van der Waals surface area contributed by atoms with Crippen molar-refractivity contribution in [2.75, 3.05) is 24.2 Å². The highest BCUT2D eigenvalue weighted by Gasteiger charge is 2.41. The van der Waals surface area contributed by atoms with E-state index in [2.05, 4.69) is 4.90 Å². The molecular formula is C28H31ClFN3O4S. The molecule has 1 aliphatic heterocycles. The number of hydrogen-bond acceptors (Lipinski definition) is 6. The van der Waals surface area contributed by atoms with Gasteiger partial charge in [-0.2, -0.15) is 4.31 Å². The summed E-state index contributed by atoms with van der Waals surface area (Å²) in [5, 5.41) is 9.74. The molecule has 3 aromatic carbocycles. The summed E-state index contributed by atoms with van der Waals surface area (Å²) in [6.45, 7) is 0.531. The number of rotatable bonds is 4. The van der Waals surface area contributed by atoms with Gasteiger partial charge in [0, 0.05) is 30.9 Å². The average molecular weight is 560 g/mol. The lowest BCUT2D eigenvalue weighted by atomic mass is 9.83. The van der Waals surface area contributed by atoms with Crippen LogP contribution in [0.1, 0.15) is 42.5 Å². The Balaban J connectivity index is 1.71. The summed E-state index contributed by atoms with van der Waals surface area (Å²) in [6, 6.07) is 15.1. The van der Waals surface area contributed by atoms with Gasteiger partial charge in [0.15, 0.2) is 0 Å². The smallest absolute Gasteiger partial charge is 0.337 e. The Labute approximate surface area is 228 Å². The highest BCUT2D eigenvalue weighted by atomic mass is 35.5. The number of nitrogen functional groups attached to an aromatic ring is 1. The van der Waals surface area contributed by atoms with Crippen LogP contribution in [-0.2, 0) is 0 Å². The number of fused-ring (bicyclic) bond motifs is 1. The van der Waals surface area contributed by atoms with Crippen molar-refractivity contribution in [2.24, 2.45) is 5.92 Å². The van der Waals surface area contributed by atoms with Gasteiger partial charge in [0.05, 0.1) is 26.9 Å². The van der Waals surface area contributed by atoms with E-state index in [0.29, 0.717) is 18.2 Å². The van der Waals surface area contributed by atoms with E-state index in [9.17, 15) is 23.4 Å². The number of halogens is 2. The molecule has 202 valence electrons. The summed E-state index contributed by atoms with van der Waals surface area (Å²) in [4.78, 5) is 14.0. The van der Waals surface area contributed by atoms with E-state index in [4.69, 9.17) is 17.3 Å². The van der Waals surface area contributed by atoms with Crippen molar-refractivity contribution in [1.82, 2.24) is 4.31 Å². The number of nitrogens with two attached hydrogens (primary N) is 1. The van der Waals surface area contributed by atoms with Crippen molar-refractivity contribution in [1.29, 1.82) is 0 Å². The summed E-state index contributed by atoms with van der Waals surface area (Å²) in [7, 11) is -1.75. The Morgan fingerprint density at radius 3 is 2.42 bits per heavy atom. The van der Waals surface area contributed by atoms with Gasteiger partial charge < -0.3 is 15.7 Å². The van der Waals surface area contributed by atoms with E-state index in [1.807, 2.05) is 30.3 Å². The van der Waals surface area contributed by atoms with Crippen molar-refractivity contribution in [3.8, 4) is 11.1 Å². The van der Waals surface area contributed by atoms with Crippen LogP contribution in [0.2, 0.25) is 5.02 Å². The molecule has 10 heteroatoms. The molecule has 0 bridgehead atoms. The normalized spacial score (nSPS) is 21.0. The maximum absolute atomic E-state index is 14.6. The van der Waals surface area contributed by atoms with Crippen LogP contribution in [0.25, 0.3) is 11.1 Å². The topological polar surface area (TPSA) is 110 Å². The van der Waals surface area contributed by atoms with E-state index in [1.54, 1.807) is 23.5 Å². The minimum Gasteiger partial charge on any atom is -0.478 e. The van der Waals surface area contributed by atoms with Crippen LogP contribution in [0, 0.1) is 11.7 Å². The van der Waals surface area contributed by atoms with Crippen LogP contribution >= 0.6 is 22.4 Å². The molecule has 5 N–H and O–H groups in total. The number of carboxylic acids is 1. The Morgan fingerprint density at radius 1 is 1.08 bits per heavy atom. The SMILES string of the molecule is CN1C(C2CCCCC2)CN(c2ccccc2)c2cc(Cl)c(-c3cc(F)c(N)c(C(=O)O)c3)cc2S1(O)O. The fourth-order valence-electron chi connectivity index (χ4n) is 5.71. The molecule has 3 aromatic rings. The predicted molar refractivity (Wildman–Crippen MR) is 151 cm³/mol. The number of aromatic carboxylic acids is 1. The van der Waals surface area contributed by atoms with Crippen LogP contribution in [-0.4, -0.2) is 44.1 Å². The molecule has 0 aromatic heterocycles. The van der Waals surface area contributed by atoms with Crippen molar-refractivity contribution in [2.45, 2.75) is 43.0 Å².